The van der Waals surface area contributed by atoms with Crippen LogP contribution < -0.4 is 0 Å². The lowest BCUT2D eigenvalue weighted by Gasteiger charge is -1.99. The number of halogens is 1. The van der Waals surface area contributed by atoms with Gasteiger partial charge in [0.2, 0.25) is 0 Å². The Morgan fingerprint density at radius 1 is 1.41 bits per heavy atom. The Hall–Kier alpha value is -1.61. The SMILES string of the molecule is CC(=O)Cc1cnc(Cc2ccccc2Cl)o1. The van der Waals surface area contributed by atoms with E-state index in [0.717, 1.165) is 5.56 Å². The van der Waals surface area contributed by atoms with Crippen molar-refractivity contribution in [3.05, 3.63) is 52.7 Å². The van der Waals surface area contributed by atoms with E-state index in [2.05, 4.69) is 4.98 Å². The summed E-state index contributed by atoms with van der Waals surface area (Å²) < 4.78 is 5.46. The van der Waals surface area contributed by atoms with Crippen LogP contribution in [0.4, 0.5) is 0 Å². The van der Waals surface area contributed by atoms with Crippen LogP contribution in [0.1, 0.15) is 24.1 Å². The molecule has 0 amide bonds. The molecule has 0 saturated heterocycles. The highest BCUT2D eigenvalue weighted by molar-refractivity contribution is 6.31. The summed E-state index contributed by atoms with van der Waals surface area (Å²) in [7, 11) is 0. The number of carbonyl (C=O) groups is 1. The van der Waals surface area contributed by atoms with Gasteiger partial charge in [-0.05, 0) is 18.6 Å². The summed E-state index contributed by atoms with van der Waals surface area (Å²) in [4.78, 5) is 15.1. The monoisotopic (exact) mass is 249 g/mol. The molecule has 0 fully saturated rings. The molecule has 0 aliphatic heterocycles. The van der Waals surface area contributed by atoms with E-state index in [-0.39, 0.29) is 12.2 Å². The molecule has 0 radical (unpaired) electrons. The molecular weight excluding hydrogens is 238 g/mol. The van der Waals surface area contributed by atoms with Crippen molar-refractivity contribution in [3.63, 3.8) is 0 Å². The molecule has 88 valence electrons. The van der Waals surface area contributed by atoms with Crippen LogP contribution in [0.2, 0.25) is 5.02 Å². The van der Waals surface area contributed by atoms with E-state index in [1.54, 1.807) is 6.20 Å². The Labute approximate surface area is 104 Å². The molecule has 1 aromatic heterocycles. The van der Waals surface area contributed by atoms with Gasteiger partial charge in [-0.3, -0.25) is 4.79 Å². The van der Waals surface area contributed by atoms with Crippen molar-refractivity contribution < 1.29 is 9.21 Å². The minimum Gasteiger partial charge on any atom is -0.445 e. The summed E-state index contributed by atoms with van der Waals surface area (Å²) in [5.74, 6) is 1.24. The molecule has 0 atom stereocenters. The third-order valence-corrected chi connectivity index (χ3v) is 2.69. The van der Waals surface area contributed by atoms with Gasteiger partial charge in [0.1, 0.15) is 11.5 Å². The van der Waals surface area contributed by atoms with Crippen molar-refractivity contribution in [2.45, 2.75) is 19.8 Å². The number of benzene rings is 1. The van der Waals surface area contributed by atoms with E-state index >= 15 is 0 Å². The van der Waals surface area contributed by atoms with Crippen LogP contribution >= 0.6 is 11.6 Å². The summed E-state index contributed by atoms with van der Waals surface area (Å²) in [6, 6.07) is 7.55. The van der Waals surface area contributed by atoms with Gasteiger partial charge in [-0.1, -0.05) is 29.8 Å². The first-order valence-corrected chi connectivity index (χ1v) is 5.69. The standard InChI is InChI=1S/C13H12ClNO2/c1-9(16)6-11-8-15-13(17-11)7-10-4-2-3-5-12(10)14/h2-5,8H,6-7H2,1H3. The molecule has 1 aromatic carbocycles. The Balaban J connectivity index is 2.12. The van der Waals surface area contributed by atoms with Crippen LogP contribution in [0.3, 0.4) is 0 Å². The molecule has 0 unspecified atom stereocenters. The summed E-state index contributed by atoms with van der Waals surface area (Å²) in [6.07, 6.45) is 2.42. The van der Waals surface area contributed by atoms with E-state index in [1.807, 2.05) is 24.3 Å². The van der Waals surface area contributed by atoms with Gasteiger partial charge in [0.15, 0.2) is 5.89 Å². The smallest absolute Gasteiger partial charge is 0.198 e. The first-order chi connectivity index (χ1) is 8.15. The second-order valence-corrected chi connectivity index (χ2v) is 4.27. The molecule has 0 aliphatic carbocycles. The average Bonchev–Trinajstić information content (AvgIpc) is 2.68. The Morgan fingerprint density at radius 2 is 2.18 bits per heavy atom. The topological polar surface area (TPSA) is 43.1 Å². The zero-order chi connectivity index (χ0) is 12.3. The molecule has 2 rings (SSSR count). The fourth-order valence-corrected chi connectivity index (χ4v) is 1.76. The van der Waals surface area contributed by atoms with E-state index in [0.29, 0.717) is 23.1 Å². The molecule has 0 bridgehead atoms. The molecular formula is C13H12ClNO2. The van der Waals surface area contributed by atoms with Crippen molar-refractivity contribution in [2.75, 3.05) is 0 Å². The number of hydrogen-bond donors (Lipinski definition) is 0. The molecule has 3 nitrogen and oxygen atoms in total. The second-order valence-electron chi connectivity index (χ2n) is 3.87. The van der Waals surface area contributed by atoms with Gasteiger partial charge in [0, 0.05) is 5.02 Å². The zero-order valence-electron chi connectivity index (χ0n) is 9.44. The van der Waals surface area contributed by atoms with E-state index in [9.17, 15) is 4.79 Å². The van der Waals surface area contributed by atoms with Crippen LogP contribution in [-0.2, 0) is 17.6 Å². The average molecular weight is 250 g/mol. The van der Waals surface area contributed by atoms with Crippen LogP contribution in [0, 0.1) is 0 Å². The predicted molar refractivity (Wildman–Crippen MR) is 65.1 cm³/mol. The maximum atomic E-state index is 10.9. The normalized spacial score (nSPS) is 10.5. The molecule has 4 heteroatoms. The number of rotatable bonds is 4. The molecule has 0 saturated carbocycles. The van der Waals surface area contributed by atoms with Crippen LogP contribution in [0.25, 0.3) is 0 Å². The Bertz CT molecular complexity index is 534. The second kappa shape index (κ2) is 5.15. The van der Waals surface area contributed by atoms with E-state index in [4.69, 9.17) is 16.0 Å². The molecule has 0 aliphatic rings. The van der Waals surface area contributed by atoms with Gasteiger partial charge < -0.3 is 4.42 Å². The highest BCUT2D eigenvalue weighted by Gasteiger charge is 2.08. The highest BCUT2D eigenvalue weighted by Crippen LogP contribution is 2.18. The third-order valence-electron chi connectivity index (χ3n) is 2.32. The Kier molecular flexibility index (Phi) is 3.59. The molecule has 1 heterocycles. The molecule has 17 heavy (non-hydrogen) atoms. The quantitative estimate of drug-likeness (QED) is 0.836. The van der Waals surface area contributed by atoms with Crippen molar-refractivity contribution in [2.24, 2.45) is 0 Å². The first-order valence-electron chi connectivity index (χ1n) is 5.31. The number of carbonyl (C=O) groups excluding carboxylic acids is 1. The summed E-state index contributed by atoms with van der Waals surface area (Å²) in [5.41, 5.74) is 0.963. The van der Waals surface area contributed by atoms with E-state index in [1.165, 1.54) is 6.92 Å². The molecule has 0 spiro atoms. The predicted octanol–water partition coefficient (Wildman–Crippen LogP) is 3.05. The largest absolute Gasteiger partial charge is 0.445 e. The van der Waals surface area contributed by atoms with Crippen molar-refractivity contribution in [1.82, 2.24) is 4.98 Å². The van der Waals surface area contributed by atoms with Gasteiger partial charge in [-0.25, -0.2) is 4.98 Å². The number of hydrogen-bond acceptors (Lipinski definition) is 3. The van der Waals surface area contributed by atoms with Gasteiger partial charge in [-0.2, -0.15) is 0 Å². The number of oxazole rings is 1. The number of aromatic nitrogens is 1. The van der Waals surface area contributed by atoms with Crippen molar-refractivity contribution >= 4 is 17.4 Å². The summed E-state index contributed by atoms with van der Waals surface area (Å²) in [5, 5.41) is 0.693. The lowest BCUT2D eigenvalue weighted by atomic mass is 10.1. The maximum Gasteiger partial charge on any atom is 0.198 e. The Morgan fingerprint density at radius 3 is 2.88 bits per heavy atom. The number of Topliss-reactive ketones (excluding diaryl/α,β-unsaturated/α-hetero) is 1. The minimum absolute atomic E-state index is 0.0606. The van der Waals surface area contributed by atoms with E-state index < -0.39 is 0 Å². The van der Waals surface area contributed by atoms with Gasteiger partial charge in [0.25, 0.3) is 0 Å². The van der Waals surface area contributed by atoms with Crippen molar-refractivity contribution in [1.29, 1.82) is 0 Å². The lowest BCUT2D eigenvalue weighted by Crippen LogP contribution is -1.93. The van der Waals surface area contributed by atoms with Gasteiger partial charge in [-0.15, -0.1) is 0 Å². The third kappa shape index (κ3) is 3.17. The summed E-state index contributed by atoms with van der Waals surface area (Å²) in [6.45, 7) is 1.52. The maximum absolute atomic E-state index is 10.9. The summed E-state index contributed by atoms with van der Waals surface area (Å²) >= 11 is 6.04. The number of nitrogens with zero attached hydrogens (tertiary/aromatic N) is 1. The fraction of sp³-hybridized carbons (Fsp3) is 0.231. The molecule has 0 N–H and O–H groups in total. The minimum atomic E-state index is 0.0606. The van der Waals surface area contributed by atoms with Crippen LogP contribution in [0.15, 0.2) is 34.9 Å². The molecule has 2 aromatic rings. The highest BCUT2D eigenvalue weighted by atomic mass is 35.5. The fourth-order valence-electron chi connectivity index (χ4n) is 1.56. The number of ketones is 1. The van der Waals surface area contributed by atoms with Gasteiger partial charge in [0.05, 0.1) is 19.0 Å². The van der Waals surface area contributed by atoms with Crippen LogP contribution in [-0.4, -0.2) is 10.8 Å². The van der Waals surface area contributed by atoms with Crippen molar-refractivity contribution in [3.8, 4) is 0 Å². The van der Waals surface area contributed by atoms with Gasteiger partial charge >= 0.3 is 0 Å². The van der Waals surface area contributed by atoms with Crippen LogP contribution in [0.5, 0.6) is 0 Å². The lowest BCUT2D eigenvalue weighted by molar-refractivity contribution is -0.116. The zero-order valence-corrected chi connectivity index (χ0v) is 10.2. The first kappa shape index (κ1) is 11.9.